The molecule has 2 aliphatic heterocycles. The molecule has 0 spiro atoms. The van der Waals surface area contributed by atoms with Gasteiger partial charge in [0.1, 0.15) is 5.75 Å². The number of methoxy groups -OCH3 is 1. The molecule has 24 heavy (non-hydrogen) atoms. The quantitative estimate of drug-likeness (QED) is 0.933. The van der Waals surface area contributed by atoms with Gasteiger partial charge in [-0.05, 0) is 31.0 Å². The normalized spacial score (nSPS) is 28.4. The molecule has 0 aliphatic carbocycles. The van der Waals surface area contributed by atoms with Gasteiger partial charge in [-0.2, -0.15) is 0 Å². The van der Waals surface area contributed by atoms with Crippen LogP contribution in [0.25, 0.3) is 10.9 Å². The van der Waals surface area contributed by atoms with Crippen LogP contribution in [0.4, 0.5) is 0 Å². The van der Waals surface area contributed by atoms with Crippen LogP contribution in [0.5, 0.6) is 5.75 Å². The summed E-state index contributed by atoms with van der Waals surface area (Å²) in [5.41, 5.74) is 2.58. The van der Waals surface area contributed by atoms with Gasteiger partial charge in [-0.3, -0.25) is 9.80 Å². The Balaban J connectivity index is 1.58. The number of rotatable bonds is 3. The van der Waals surface area contributed by atoms with Crippen LogP contribution in [-0.4, -0.2) is 64.4 Å². The number of benzene rings is 1. The lowest BCUT2D eigenvalue weighted by Crippen LogP contribution is -2.54. The van der Waals surface area contributed by atoms with Crippen molar-refractivity contribution in [2.75, 3.05) is 26.7 Å². The van der Waals surface area contributed by atoms with Gasteiger partial charge in [0.2, 0.25) is 0 Å². The van der Waals surface area contributed by atoms with Crippen molar-refractivity contribution >= 4 is 10.9 Å². The first kappa shape index (κ1) is 15.9. The van der Waals surface area contributed by atoms with Crippen LogP contribution in [0.3, 0.4) is 0 Å². The average molecular weight is 329 g/mol. The second-order valence-corrected chi connectivity index (χ2v) is 7.42. The maximum atomic E-state index is 9.94. The number of piperazine rings is 1. The molecule has 0 bridgehead atoms. The summed E-state index contributed by atoms with van der Waals surface area (Å²) in [7, 11) is 3.81. The number of aliphatic hydroxyl groups excluding tert-OH is 1. The second kappa shape index (κ2) is 6.06. The average Bonchev–Trinajstić information content (AvgIpc) is 3.07. The number of hydrogen-bond acceptors (Lipinski definition) is 4. The molecule has 1 aromatic heterocycles. The van der Waals surface area contributed by atoms with E-state index in [0.717, 1.165) is 38.3 Å². The van der Waals surface area contributed by atoms with Gasteiger partial charge < -0.3 is 14.4 Å². The van der Waals surface area contributed by atoms with Gasteiger partial charge in [-0.25, -0.2) is 0 Å². The third-order valence-corrected chi connectivity index (χ3v) is 5.73. The van der Waals surface area contributed by atoms with E-state index in [9.17, 15) is 5.11 Å². The number of hydrogen-bond donors (Lipinski definition) is 1. The smallest absolute Gasteiger partial charge is 0.120 e. The Bertz CT molecular complexity index is 742. The summed E-state index contributed by atoms with van der Waals surface area (Å²) in [5.74, 6) is 0.900. The van der Waals surface area contributed by atoms with Gasteiger partial charge in [-0.15, -0.1) is 0 Å². The highest BCUT2D eigenvalue weighted by Gasteiger charge is 2.38. The lowest BCUT2D eigenvalue weighted by Gasteiger charge is -2.42. The molecule has 2 saturated heterocycles. The van der Waals surface area contributed by atoms with Gasteiger partial charge in [0.05, 0.1) is 18.7 Å². The molecule has 5 heteroatoms. The first-order valence-corrected chi connectivity index (χ1v) is 8.83. The summed E-state index contributed by atoms with van der Waals surface area (Å²) >= 11 is 0. The van der Waals surface area contributed by atoms with Crippen LogP contribution < -0.4 is 4.74 Å². The first-order chi connectivity index (χ1) is 11.5. The summed E-state index contributed by atoms with van der Waals surface area (Å²) in [5, 5.41) is 11.2. The molecule has 1 aromatic carbocycles. The van der Waals surface area contributed by atoms with Crippen LogP contribution >= 0.6 is 0 Å². The number of aliphatic hydroxyl groups is 1. The van der Waals surface area contributed by atoms with Crippen molar-refractivity contribution in [2.45, 2.75) is 38.1 Å². The highest BCUT2D eigenvalue weighted by atomic mass is 16.5. The van der Waals surface area contributed by atoms with Crippen LogP contribution in [-0.2, 0) is 13.6 Å². The Labute approximate surface area is 143 Å². The lowest BCUT2D eigenvalue weighted by molar-refractivity contribution is 0.0531. The SMILES string of the molecule is COc1ccc2c(CN3CC4C[C@@H](O)CN4C[C@@H]3C)cn(C)c2c1. The van der Waals surface area contributed by atoms with Gasteiger partial charge in [-0.1, -0.05) is 0 Å². The number of ether oxygens (including phenoxy) is 1. The lowest BCUT2D eigenvalue weighted by atomic mass is 10.1. The predicted molar refractivity (Wildman–Crippen MR) is 95.3 cm³/mol. The summed E-state index contributed by atoms with van der Waals surface area (Å²) in [6.07, 6.45) is 3.01. The Kier molecular flexibility index (Phi) is 4.03. The topological polar surface area (TPSA) is 40.9 Å². The van der Waals surface area contributed by atoms with Crippen molar-refractivity contribution in [2.24, 2.45) is 7.05 Å². The molecule has 1 unspecified atom stereocenters. The monoisotopic (exact) mass is 329 g/mol. The molecule has 2 aliphatic rings. The van der Waals surface area contributed by atoms with Crippen LogP contribution in [0.15, 0.2) is 24.4 Å². The molecular weight excluding hydrogens is 302 g/mol. The third-order valence-electron chi connectivity index (χ3n) is 5.73. The molecule has 0 saturated carbocycles. The van der Waals surface area contributed by atoms with E-state index in [-0.39, 0.29) is 6.10 Å². The summed E-state index contributed by atoms with van der Waals surface area (Å²) < 4.78 is 7.55. The van der Waals surface area contributed by atoms with Crippen molar-refractivity contribution in [3.8, 4) is 5.75 Å². The van der Waals surface area contributed by atoms with Crippen molar-refractivity contribution < 1.29 is 9.84 Å². The molecule has 5 nitrogen and oxygen atoms in total. The van der Waals surface area contributed by atoms with Crippen molar-refractivity contribution in [1.29, 1.82) is 0 Å². The molecule has 2 aromatic rings. The molecule has 4 rings (SSSR count). The second-order valence-electron chi connectivity index (χ2n) is 7.42. The first-order valence-electron chi connectivity index (χ1n) is 8.83. The fourth-order valence-electron chi connectivity index (χ4n) is 4.42. The van der Waals surface area contributed by atoms with E-state index in [1.54, 1.807) is 7.11 Å². The third kappa shape index (κ3) is 2.70. The van der Waals surface area contributed by atoms with E-state index < -0.39 is 0 Å². The predicted octanol–water partition coefficient (Wildman–Crippen LogP) is 1.83. The van der Waals surface area contributed by atoms with E-state index >= 15 is 0 Å². The summed E-state index contributed by atoms with van der Waals surface area (Å²) in [6, 6.07) is 7.34. The van der Waals surface area contributed by atoms with E-state index in [2.05, 4.69) is 46.7 Å². The van der Waals surface area contributed by atoms with Crippen molar-refractivity contribution in [1.82, 2.24) is 14.4 Å². The Morgan fingerprint density at radius 3 is 2.88 bits per heavy atom. The van der Waals surface area contributed by atoms with Crippen molar-refractivity contribution in [3.63, 3.8) is 0 Å². The Morgan fingerprint density at radius 2 is 2.08 bits per heavy atom. The standard InChI is InChI=1S/C19H27N3O2/c1-13-8-22-12-16(23)6-15(22)11-21(13)10-14-9-20(2)19-7-17(24-3)4-5-18(14)19/h4-5,7,9,13,15-16,23H,6,8,10-12H2,1-3H3/t13-,15?,16+/m0/s1. The zero-order valence-electron chi connectivity index (χ0n) is 14.8. The molecular formula is C19H27N3O2. The van der Waals surface area contributed by atoms with E-state index in [0.29, 0.717) is 12.1 Å². The van der Waals surface area contributed by atoms with Crippen molar-refractivity contribution in [3.05, 3.63) is 30.0 Å². The van der Waals surface area contributed by atoms with Gasteiger partial charge in [0.15, 0.2) is 0 Å². The molecule has 0 amide bonds. The van der Waals surface area contributed by atoms with Gasteiger partial charge in [0.25, 0.3) is 0 Å². The fraction of sp³-hybridized carbons (Fsp3) is 0.579. The number of fused-ring (bicyclic) bond motifs is 2. The highest BCUT2D eigenvalue weighted by Crippen LogP contribution is 2.29. The molecule has 130 valence electrons. The molecule has 3 heterocycles. The Hall–Kier alpha value is -1.56. The number of nitrogens with zero attached hydrogens (tertiary/aromatic N) is 3. The molecule has 2 fully saturated rings. The van der Waals surface area contributed by atoms with E-state index in [4.69, 9.17) is 4.74 Å². The zero-order valence-corrected chi connectivity index (χ0v) is 14.8. The van der Waals surface area contributed by atoms with Crippen LogP contribution in [0.1, 0.15) is 18.9 Å². The highest BCUT2D eigenvalue weighted by molar-refractivity contribution is 5.85. The minimum atomic E-state index is -0.146. The van der Waals surface area contributed by atoms with Crippen LogP contribution in [0.2, 0.25) is 0 Å². The maximum absolute atomic E-state index is 9.94. The largest absolute Gasteiger partial charge is 0.497 e. The van der Waals surface area contributed by atoms with Gasteiger partial charge in [0, 0.05) is 63.0 Å². The minimum absolute atomic E-state index is 0.146. The summed E-state index contributed by atoms with van der Waals surface area (Å²) in [6.45, 7) is 6.21. The van der Waals surface area contributed by atoms with E-state index in [1.165, 1.54) is 16.5 Å². The molecule has 0 radical (unpaired) electrons. The Morgan fingerprint density at radius 1 is 1.25 bits per heavy atom. The molecule has 3 atom stereocenters. The summed E-state index contributed by atoms with van der Waals surface area (Å²) in [4.78, 5) is 5.03. The molecule has 1 N–H and O–H groups in total. The fourth-order valence-corrected chi connectivity index (χ4v) is 4.42. The maximum Gasteiger partial charge on any atom is 0.120 e. The zero-order chi connectivity index (χ0) is 16.8. The van der Waals surface area contributed by atoms with Crippen LogP contribution in [0, 0.1) is 0 Å². The minimum Gasteiger partial charge on any atom is -0.497 e. The number of aryl methyl sites for hydroxylation is 1. The van der Waals surface area contributed by atoms with Gasteiger partial charge >= 0.3 is 0 Å². The number of aromatic nitrogens is 1. The van der Waals surface area contributed by atoms with E-state index in [1.807, 2.05) is 6.07 Å².